The van der Waals surface area contributed by atoms with Crippen molar-refractivity contribution in [3.8, 4) is 0 Å². The Kier molecular flexibility index (Phi) is 3.21. The molecule has 1 saturated carbocycles. The lowest BCUT2D eigenvalue weighted by molar-refractivity contribution is 0.523. The fraction of sp³-hybridized carbons (Fsp3) is 0.368. The first kappa shape index (κ1) is 13.5. The maximum absolute atomic E-state index is 4.69. The van der Waals surface area contributed by atoms with Gasteiger partial charge in [0.05, 0.1) is 5.69 Å². The zero-order valence-electron chi connectivity index (χ0n) is 13.2. The van der Waals surface area contributed by atoms with Gasteiger partial charge in [-0.05, 0) is 50.7 Å². The second kappa shape index (κ2) is 5.24. The van der Waals surface area contributed by atoms with Gasteiger partial charge < -0.3 is 4.57 Å². The number of benzene rings is 1. The largest absolute Gasteiger partial charge is 0.329 e. The Morgan fingerprint density at radius 2 is 1.82 bits per heavy atom. The number of hydrogen-bond acceptors (Lipinski definition) is 2. The highest BCUT2D eigenvalue weighted by atomic mass is 15.1. The molecule has 0 bridgehead atoms. The van der Waals surface area contributed by atoms with Crippen LogP contribution in [0.5, 0.6) is 0 Å². The van der Waals surface area contributed by atoms with Crippen LogP contribution in [0.15, 0.2) is 42.6 Å². The number of aryl methyl sites for hydroxylation is 2. The Labute approximate surface area is 131 Å². The zero-order chi connectivity index (χ0) is 15.1. The summed E-state index contributed by atoms with van der Waals surface area (Å²) in [6.45, 7) is 4.05. The molecule has 112 valence electrons. The van der Waals surface area contributed by atoms with Crippen LogP contribution in [0, 0.1) is 13.8 Å². The molecule has 0 amide bonds. The van der Waals surface area contributed by atoms with Crippen molar-refractivity contribution in [2.75, 3.05) is 0 Å². The Bertz CT molecular complexity index is 804. The Morgan fingerprint density at radius 3 is 2.64 bits per heavy atom. The van der Waals surface area contributed by atoms with Crippen molar-refractivity contribution < 1.29 is 0 Å². The van der Waals surface area contributed by atoms with Crippen LogP contribution in [0.3, 0.4) is 0 Å². The molecule has 1 fully saturated rings. The first-order chi connectivity index (χ1) is 10.7. The van der Waals surface area contributed by atoms with Gasteiger partial charge in [-0.15, -0.1) is 0 Å². The van der Waals surface area contributed by atoms with E-state index < -0.39 is 0 Å². The summed E-state index contributed by atoms with van der Waals surface area (Å²) in [5, 5.41) is 1.19. The van der Waals surface area contributed by atoms with Crippen molar-refractivity contribution in [1.82, 2.24) is 14.5 Å². The molecule has 3 aromatic rings. The fourth-order valence-electron chi connectivity index (χ4n) is 3.85. The highest BCUT2D eigenvalue weighted by Crippen LogP contribution is 2.42. The predicted octanol–water partition coefficient (Wildman–Crippen LogP) is 4.56. The standard InChI is InChI=1S/C19H21N3/c1-13-18-10-11-22(19(18)21-14(2)20-13)17-9-8-16(12-17)15-6-4-3-5-7-15/h3-7,10-11,16-17H,8-9,12H2,1-2H3. The van der Waals surface area contributed by atoms with E-state index in [2.05, 4.69) is 59.1 Å². The van der Waals surface area contributed by atoms with E-state index in [1.54, 1.807) is 0 Å². The van der Waals surface area contributed by atoms with Crippen LogP contribution in [0.25, 0.3) is 11.0 Å². The summed E-state index contributed by atoms with van der Waals surface area (Å²) in [5.41, 5.74) is 3.66. The summed E-state index contributed by atoms with van der Waals surface area (Å²) >= 11 is 0. The van der Waals surface area contributed by atoms with E-state index in [0.29, 0.717) is 12.0 Å². The van der Waals surface area contributed by atoms with Crippen LogP contribution in [0.1, 0.15) is 48.3 Å². The van der Waals surface area contributed by atoms with Crippen molar-refractivity contribution in [3.63, 3.8) is 0 Å². The summed E-state index contributed by atoms with van der Waals surface area (Å²) < 4.78 is 2.37. The number of hydrogen-bond donors (Lipinski definition) is 0. The number of rotatable bonds is 2. The van der Waals surface area contributed by atoms with Gasteiger partial charge in [0.15, 0.2) is 0 Å². The average Bonchev–Trinajstić information content (AvgIpc) is 3.14. The van der Waals surface area contributed by atoms with Gasteiger partial charge in [-0.1, -0.05) is 30.3 Å². The van der Waals surface area contributed by atoms with E-state index in [1.165, 1.54) is 30.2 Å². The van der Waals surface area contributed by atoms with Crippen LogP contribution in [0.4, 0.5) is 0 Å². The Hall–Kier alpha value is -2.16. The molecule has 22 heavy (non-hydrogen) atoms. The van der Waals surface area contributed by atoms with Crippen LogP contribution in [-0.4, -0.2) is 14.5 Å². The zero-order valence-corrected chi connectivity index (χ0v) is 13.2. The maximum atomic E-state index is 4.69. The van der Waals surface area contributed by atoms with Crippen LogP contribution >= 0.6 is 0 Å². The minimum absolute atomic E-state index is 0.552. The molecule has 2 heterocycles. The van der Waals surface area contributed by atoms with E-state index in [4.69, 9.17) is 4.98 Å². The summed E-state index contributed by atoms with van der Waals surface area (Å²) in [4.78, 5) is 9.17. The van der Waals surface area contributed by atoms with E-state index in [-0.39, 0.29) is 0 Å². The molecule has 2 unspecified atom stereocenters. The summed E-state index contributed by atoms with van der Waals surface area (Å²) in [7, 11) is 0. The highest BCUT2D eigenvalue weighted by Gasteiger charge is 2.28. The minimum Gasteiger partial charge on any atom is -0.329 e. The smallest absolute Gasteiger partial charge is 0.144 e. The predicted molar refractivity (Wildman–Crippen MR) is 89.1 cm³/mol. The molecule has 1 aliphatic carbocycles. The monoisotopic (exact) mass is 291 g/mol. The summed E-state index contributed by atoms with van der Waals surface area (Å²) in [5.74, 6) is 1.54. The third-order valence-electron chi connectivity index (χ3n) is 4.94. The van der Waals surface area contributed by atoms with E-state index in [9.17, 15) is 0 Å². The van der Waals surface area contributed by atoms with Gasteiger partial charge in [0.25, 0.3) is 0 Å². The first-order valence-electron chi connectivity index (χ1n) is 8.09. The molecule has 0 spiro atoms. The lowest BCUT2D eigenvalue weighted by atomic mass is 9.98. The topological polar surface area (TPSA) is 30.7 Å². The molecule has 1 aromatic carbocycles. The maximum Gasteiger partial charge on any atom is 0.144 e. The van der Waals surface area contributed by atoms with E-state index in [1.807, 2.05) is 6.92 Å². The molecule has 0 aliphatic heterocycles. The summed E-state index contributed by atoms with van der Waals surface area (Å²) in [6.07, 6.45) is 5.89. The number of aromatic nitrogens is 3. The van der Waals surface area contributed by atoms with Crippen molar-refractivity contribution in [2.24, 2.45) is 0 Å². The molecule has 0 saturated heterocycles. The van der Waals surface area contributed by atoms with Gasteiger partial charge in [-0.2, -0.15) is 0 Å². The van der Waals surface area contributed by atoms with Crippen LogP contribution in [0.2, 0.25) is 0 Å². The first-order valence-corrected chi connectivity index (χ1v) is 8.09. The van der Waals surface area contributed by atoms with Crippen LogP contribution in [-0.2, 0) is 0 Å². The highest BCUT2D eigenvalue weighted by molar-refractivity contribution is 5.78. The average molecular weight is 291 g/mol. The van der Waals surface area contributed by atoms with Gasteiger partial charge in [-0.3, -0.25) is 0 Å². The third-order valence-corrected chi connectivity index (χ3v) is 4.94. The molecule has 0 radical (unpaired) electrons. The normalized spacial score (nSPS) is 21.5. The van der Waals surface area contributed by atoms with Gasteiger partial charge in [-0.25, -0.2) is 9.97 Å². The lowest BCUT2D eigenvalue weighted by Crippen LogP contribution is -2.06. The molecule has 1 aliphatic rings. The van der Waals surface area contributed by atoms with Gasteiger partial charge in [0.2, 0.25) is 0 Å². The quantitative estimate of drug-likeness (QED) is 0.693. The second-order valence-corrected chi connectivity index (χ2v) is 6.39. The molecule has 2 aromatic heterocycles. The number of fused-ring (bicyclic) bond motifs is 1. The fourth-order valence-corrected chi connectivity index (χ4v) is 3.85. The molecular formula is C19H21N3. The molecule has 4 rings (SSSR count). The lowest BCUT2D eigenvalue weighted by Gasteiger charge is -2.15. The Balaban J connectivity index is 1.67. The van der Waals surface area contributed by atoms with Gasteiger partial charge >= 0.3 is 0 Å². The van der Waals surface area contributed by atoms with Crippen molar-refractivity contribution in [3.05, 3.63) is 59.7 Å². The van der Waals surface area contributed by atoms with Crippen molar-refractivity contribution in [1.29, 1.82) is 0 Å². The molecule has 2 atom stereocenters. The summed E-state index contributed by atoms with van der Waals surface area (Å²) in [6, 6.07) is 13.6. The third kappa shape index (κ3) is 2.21. The SMILES string of the molecule is Cc1nc(C)c2ccn(C3CCC(c4ccccc4)C3)c2n1. The molecular weight excluding hydrogens is 270 g/mol. The van der Waals surface area contributed by atoms with Gasteiger partial charge in [0, 0.05) is 17.6 Å². The van der Waals surface area contributed by atoms with Crippen molar-refractivity contribution in [2.45, 2.75) is 45.1 Å². The van der Waals surface area contributed by atoms with Gasteiger partial charge in [0.1, 0.15) is 11.5 Å². The molecule has 3 nitrogen and oxygen atoms in total. The van der Waals surface area contributed by atoms with E-state index in [0.717, 1.165) is 17.2 Å². The van der Waals surface area contributed by atoms with Crippen LogP contribution < -0.4 is 0 Å². The Morgan fingerprint density at radius 1 is 1.00 bits per heavy atom. The molecule has 0 N–H and O–H groups in total. The number of nitrogens with zero attached hydrogens (tertiary/aromatic N) is 3. The molecule has 3 heteroatoms. The van der Waals surface area contributed by atoms with Crippen molar-refractivity contribution >= 4 is 11.0 Å². The second-order valence-electron chi connectivity index (χ2n) is 6.39. The van der Waals surface area contributed by atoms with E-state index >= 15 is 0 Å². The minimum atomic E-state index is 0.552.